The van der Waals surface area contributed by atoms with Crippen molar-refractivity contribution in [3.8, 4) is 0 Å². The minimum absolute atomic E-state index is 0.194. The number of hydrogen-bond acceptors (Lipinski definition) is 5. The Labute approximate surface area is 167 Å². The highest BCUT2D eigenvalue weighted by Crippen LogP contribution is 2.38. The average Bonchev–Trinajstić information content (AvgIpc) is 3.40. The number of anilines is 2. The molecule has 0 aliphatic carbocycles. The third-order valence-electron chi connectivity index (χ3n) is 6.13. The lowest BCUT2D eigenvalue weighted by atomic mass is 9.90. The number of nitrogen functional groups attached to an aromatic ring is 2. The van der Waals surface area contributed by atoms with Crippen LogP contribution in [0.5, 0.6) is 0 Å². The Morgan fingerprint density at radius 1 is 0.679 bits per heavy atom. The van der Waals surface area contributed by atoms with Gasteiger partial charge in [-0.3, -0.25) is 14.6 Å². The van der Waals surface area contributed by atoms with Crippen LogP contribution in [0.1, 0.15) is 48.9 Å². The summed E-state index contributed by atoms with van der Waals surface area (Å²) < 4.78 is 0. The van der Waals surface area contributed by atoms with E-state index < -0.39 is 0 Å². The van der Waals surface area contributed by atoms with Crippen molar-refractivity contribution in [2.75, 3.05) is 37.6 Å². The van der Waals surface area contributed by atoms with E-state index in [1.165, 1.54) is 0 Å². The first-order valence-electron chi connectivity index (χ1n) is 10.4. The van der Waals surface area contributed by atoms with Gasteiger partial charge in [0.15, 0.2) is 5.78 Å². The molecule has 2 aliphatic heterocycles. The highest BCUT2D eigenvalue weighted by atomic mass is 16.1. The number of rotatable bonds is 6. The monoisotopic (exact) mass is 378 g/mol. The lowest BCUT2D eigenvalue weighted by Crippen LogP contribution is -2.41. The molecule has 2 fully saturated rings. The van der Waals surface area contributed by atoms with Gasteiger partial charge in [-0.2, -0.15) is 0 Å². The Kier molecular flexibility index (Phi) is 5.64. The van der Waals surface area contributed by atoms with E-state index in [0.29, 0.717) is 11.4 Å². The molecule has 0 saturated carbocycles. The molecule has 5 heteroatoms. The van der Waals surface area contributed by atoms with Gasteiger partial charge in [-0.15, -0.1) is 0 Å². The number of likely N-dealkylation sites (tertiary alicyclic amines) is 2. The number of ketones is 1. The van der Waals surface area contributed by atoms with Gasteiger partial charge in [0.25, 0.3) is 0 Å². The minimum Gasteiger partial charge on any atom is -0.398 e. The average molecular weight is 379 g/mol. The van der Waals surface area contributed by atoms with E-state index in [0.717, 1.165) is 63.0 Å². The Morgan fingerprint density at radius 2 is 1.04 bits per heavy atom. The highest BCUT2D eigenvalue weighted by Gasteiger charge is 2.39. The topological polar surface area (TPSA) is 75.6 Å². The predicted molar refractivity (Wildman–Crippen MR) is 114 cm³/mol. The molecule has 2 aromatic rings. The third-order valence-corrected chi connectivity index (χ3v) is 6.13. The number of Topliss-reactive ketones (excluding diaryl/α,β-unsaturated/α-hetero) is 1. The van der Waals surface area contributed by atoms with Crippen molar-refractivity contribution >= 4 is 17.2 Å². The van der Waals surface area contributed by atoms with Gasteiger partial charge in [0.1, 0.15) is 0 Å². The van der Waals surface area contributed by atoms with Gasteiger partial charge < -0.3 is 11.5 Å². The maximum atomic E-state index is 14.1. The van der Waals surface area contributed by atoms with Crippen molar-refractivity contribution in [2.24, 2.45) is 0 Å². The van der Waals surface area contributed by atoms with E-state index in [-0.39, 0.29) is 17.9 Å². The molecular weight excluding hydrogens is 348 g/mol. The molecule has 4 rings (SSSR count). The summed E-state index contributed by atoms with van der Waals surface area (Å²) in [6.07, 6.45) is 4.49. The van der Waals surface area contributed by atoms with E-state index in [4.69, 9.17) is 11.5 Å². The molecule has 5 nitrogen and oxygen atoms in total. The zero-order valence-corrected chi connectivity index (χ0v) is 16.4. The highest BCUT2D eigenvalue weighted by molar-refractivity contribution is 5.93. The van der Waals surface area contributed by atoms with Crippen LogP contribution in [0, 0.1) is 0 Å². The molecule has 2 aromatic carbocycles. The van der Waals surface area contributed by atoms with Gasteiger partial charge in [0.2, 0.25) is 0 Å². The molecule has 4 N–H and O–H groups in total. The molecule has 2 saturated heterocycles. The summed E-state index contributed by atoms with van der Waals surface area (Å²) in [7, 11) is 0. The van der Waals surface area contributed by atoms with Crippen LogP contribution in [0.3, 0.4) is 0 Å². The third kappa shape index (κ3) is 3.64. The molecule has 0 spiro atoms. The molecule has 2 atom stereocenters. The quantitative estimate of drug-likeness (QED) is 0.754. The van der Waals surface area contributed by atoms with E-state index in [9.17, 15) is 4.79 Å². The fraction of sp³-hybridized carbons (Fsp3) is 0.435. The SMILES string of the molecule is Nc1ccccc1C(C(=O)C(c1ccccc1N)N1CCCC1)N1CCCC1. The normalized spacial score (nSPS) is 20.3. The van der Waals surface area contributed by atoms with Gasteiger partial charge in [-0.05, 0) is 75.1 Å². The molecule has 0 aromatic heterocycles. The number of nitrogens with two attached hydrogens (primary N) is 2. The number of hydrogen-bond donors (Lipinski definition) is 2. The second-order valence-electron chi connectivity index (χ2n) is 7.95. The van der Waals surface area contributed by atoms with Crippen LogP contribution in [-0.2, 0) is 4.79 Å². The molecular formula is C23H30N4O. The van der Waals surface area contributed by atoms with Crippen LogP contribution < -0.4 is 11.5 Å². The molecule has 0 bridgehead atoms. The summed E-state index contributed by atoms with van der Waals surface area (Å²) in [6.45, 7) is 3.73. The van der Waals surface area contributed by atoms with E-state index >= 15 is 0 Å². The Hall–Kier alpha value is -2.37. The molecule has 2 unspecified atom stereocenters. The van der Waals surface area contributed by atoms with Gasteiger partial charge in [-0.25, -0.2) is 0 Å². The molecule has 0 amide bonds. The van der Waals surface area contributed by atoms with Crippen molar-refractivity contribution in [1.29, 1.82) is 0 Å². The summed E-state index contributed by atoms with van der Waals surface area (Å²) in [4.78, 5) is 18.7. The first kappa shape index (κ1) is 19.0. The predicted octanol–water partition coefficient (Wildman–Crippen LogP) is 3.39. The lowest BCUT2D eigenvalue weighted by Gasteiger charge is -2.35. The number of nitrogens with zero attached hydrogens (tertiary/aromatic N) is 2. The maximum absolute atomic E-state index is 14.1. The Bertz CT molecular complexity index is 757. The molecule has 148 valence electrons. The Morgan fingerprint density at radius 3 is 1.39 bits per heavy atom. The molecule has 0 radical (unpaired) electrons. The fourth-order valence-corrected chi connectivity index (χ4v) is 4.73. The second-order valence-corrected chi connectivity index (χ2v) is 7.95. The maximum Gasteiger partial charge on any atom is 0.176 e. The number of benzene rings is 2. The zero-order chi connectivity index (χ0) is 19.5. The van der Waals surface area contributed by atoms with Crippen LogP contribution >= 0.6 is 0 Å². The van der Waals surface area contributed by atoms with E-state index in [2.05, 4.69) is 9.80 Å². The Balaban J connectivity index is 1.77. The van der Waals surface area contributed by atoms with Crippen molar-refractivity contribution in [2.45, 2.75) is 37.8 Å². The van der Waals surface area contributed by atoms with Crippen molar-refractivity contribution in [1.82, 2.24) is 9.80 Å². The van der Waals surface area contributed by atoms with E-state index in [1.807, 2.05) is 48.5 Å². The zero-order valence-electron chi connectivity index (χ0n) is 16.4. The minimum atomic E-state index is -0.325. The smallest absolute Gasteiger partial charge is 0.176 e. The van der Waals surface area contributed by atoms with Crippen LogP contribution in [0.2, 0.25) is 0 Å². The van der Waals surface area contributed by atoms with Crippen LogP contribution in [0.4, 0.5) is 11.4 Å². The van der Waals surface area contributed by atoms with Gasteiger partial charge in [0.05, 0.1) is 12.1 Å². The van der Waals surface area contributed by atoms with Crippen molar-refractivity contribution < 1.29 is 4.79 Å². The number of carbonyl (C=O) groups is 1. The molecule has 28 heavy (non-hydrogen) atoms. The standard InChI is InChI=1S/C23H30N4O/c24-19-11-3-1-9-17(19)21(26-13-5-6-14-26)23(28)22(27-15-7-8-16-27)18-10-2-4-12-20(18)25/h1-4,9-12,21-22H,5-8,13-16,24-25H2. The summed E-state index contributed by atoms with van der Waals surface area (Å²) in [5, 5.41) is 0. The van der Waals surface area contributed by atoms with Gasteiger partial charge in [-0.1, -0.05) is 36.4 Å². The molecule has 2 heterocycles. The summed E-state index contributed by atoms with van der Waals surface area (Å²) in [5.74, 6) is 0.194. The summed E-state index contributed by atoms with van der Waals surface area (Å²) in [6, 6.07) is 15.0. The molecule has 2 aliphatic rings. The lowest BCUT2D eigenvalue weighted by molar-refractivity contribution is -0.129. The number of carbonyl (C=O) groups excluding carboxylic acids is 1. The van der Waals surface area contributed by atoms with Crippen LogP contribution in [-0.4, -0.2) is 41.8 Å². The fourth-order valence-electron chi connectivity index (χ4n) is 4.73. The van der Waals surface area contributed by atoms with Crippen LogP contribution in [0.15, 0.2) is 48.5 Å². The largest absolute Gasteiger partial charge is 0.398 e. The second kappa shape index (κ2) is 8.33. The summed E-state index contributed by atoms with van der Waals surface area (Å²) in [5.41, 5.74) is 15.9. The van der Waals surface area contributed by atoms with Crippen molar-refractivity contribution in [3.63, 3.8) is 0 Å². The van der Waals surface area contributed by atoms with E-state index in [1.54, 1.807) is 0 Å². The van der Waals surface area contributed by atoms with Gasteiger partial charge >= 0.3 is 0 Å². The number of para-hydroxylation sites is 2. The first-order valence-corrected chi connectivity index (χ1v) is 10.4. The van der Waals surface area contributed by atoms with Crippen LogP contribution in [0.25, 0.3) is 0 Å². The first-order chi connectivity index (χ1) is 13.7. The van der Waals surface area contributed by atoms with Crippen molar-refractivity contribution in [3.05, 3.63) is 59.7 Å². The van der Waals surface area contributed by atoms with Gasteiger partial charge in [0, 0.05) is 11.4 Å². The summed E-state index contributed by atoms with van der Waals surface area (Å²) >= 11 is 0.